The highest BCUT2D eigenvalue weighted by Crippen LogP contribution is 2.45. The molecule has 2 atom stereocenters. The number of hydrogen-bond donors (Lipinski definition) is 2. The van der Waals surface area contributed by atoms with E-state index < -0.39 is 6.04 Å². The highest BCUT2D eigenvalue weighted by Gasteiger charge is 2.36. The number of carbonyl (C=O) groups is 1. The number of benzene rings is 2. The number of rotatable bonds is 5. The first-order valence-electron chi connectivity index (χ1n) is 9.35. The number of aromatic nitrogens is 1. The fourth-order valence-corrected chi connectivity index (χ4v) is 4.13. The molecular weight excluding hydrogens is 372 g/mol. The first kappa shape index (κ1) is 19.1. The second-order valence-corrected chi connectivity index (χ2v) is 6.87. The molecule has 152 valence electrons. The third-order valence-electron chi connectivity index (χ3n) is 5.44. The Kier molecular flexibility index (Phi) is 5.07. The van der Waals surface area contributed by atoms with Gasteiger partial charge in [-0.1, -0.05) is 18.2 Å². The second-order valence-electron chi connectivity index (χ2n) is 6.87. The number of ether oxygens (including phenoxy) is 4. The minimum Gasteiger partial charge on any atom is -0.493 e. The molecule has 0 unspecified atom stereocenters. The van der Waals surface area contributed by atoms with Crippen LogP contribution in [0.5, 0.6) is 17.2 Å². The lowest BCUT2D eigenvalue weighted by molar-refractivity contribution is -0.143. The van der Waals surface area contributed by atoms with Crippen LogP contribution in [0.2, 0.25) is 0 Å². The molecule has 0 fully saturated rings. The number of aromatic amines is 1. The van der Waals surface area contributed by atoms with Gasteiger partial charge in [-0.05, 0) is 23.8 Å². The van der Waals surface area contributed by atoms with Gasteiger partial charge >= 0.3 is 5.97 Å². The number of fused-ring (bicyclic) bond motifs is 3. The van der Waals surface area contributed by atoms with E-state index >= 15 is 0 Å². The number of carbonyl (C=O) groups excluding carboxylic acids is 1. The topological polar surface area (TPSA) is 81.8 Å². The van der Waals surface area contributed by atoms with Crippen LogP contribution in [0.1, 0.15) is 22.9 Å². The summed E-state index contributed by atoms with van der Waals surface area (Å²) in [7, 11) is 6.15. The molecule has 29 heavy (non-hydrogen) atoms. The van der Waals surface area contributed by atoms with Gasteiger partial charge < -0.3 is 23.9 Å². The normalized spacial score (nSPS) is 18.2. The monoisotopic (exact) mass is 396 g/mol. The molecule has 3 aromatic rings. The number of hydrogen-bond acceptors (Lipinski definition) is 6. The Morgan fingerprint density at radius 2 is 1.72 bits per heavy atom. The lowest BCUT2D eigenvalue weighted by Gasteiger charge is -2.31. The third-order valence-corrected chi connectivity index (χ3v) is 5.44. The van der Waals surface area contributed by atoms with E-state index in [4.69, 9.17) is 18.9 Å². The molecule has 1 aromatic heterocycles. The maximum atomic E-state index is 12.4. The van der Waals surface area contributed by atoms with Gasteiger partial charge in [0.25, 0.3) is 0 Å². The molecule has 4 rings (SSSR count). The summed E-state index contributed by atoms with van der Waals surface area (Å²) in [6.45, 7) is 0. The zero-order valence-corrected chi connectivity index (χ0v) is 16.9. The molecule has 7 nitrogen and oxygen atoms in total. The van der Waals surface area contributed by atoms with Crippen LogP contribution in [0.4, 0.5) is 0 Å². The van der Waals surface area contributed by atoms with E-state index in [1.165, 1.54) is 7.11 Å². The third kappa shape index (κ3) is 3.07. The van der Waals surface area contributed by atoms with Crippen molar-refractivity contribution in [3.05, 3.63) is 53.2 Å². The zero-order valence-electron chi connectivity index (χ0n) is 16.9. The number of H-pyrrole nitrogens is 1. The van der Waals surface area contributed by atoms with E-state index in [1.54, 1.807) is 21.3 Å². The van der Waals surface area contributed by atoms with Crippen LogP contribution in [-0.4, -0.2) is 45.4 Å². The van der Waals surface area contributed by atoms with Crippen molar-refractivity contribution in [2.45, 2.75) is 18.5 Å². The fraction of sp³-hybridized carbons (Fsp3) is 0.318. The van der Waals surface area contributed by atoms with Gasteiger partial charge in [-0.2, -0.15) is 0 Å². The minimum atomic E-state index is -0.477. The largest absolute Gasteiger partial charge is 0.493 e. The van der Waals surface area contributed by atoms with Gasteiger partial charge in [0, 0.05) is 28.6 Å². The van der Waals surface area contributed by atoms with E-state index in [9.17, 15) is 4.79 Å². The van der Waals surface area contributed by atoms with E-state index in [-0.39, 0.29) is 12.0 Å². The van der Waals surface area contributed by atoms with Gasteiger partial charge in [0.2, 0.25) is 5.75 Å². The Balaban J connectivity index is 1.93. The van der Waals surface area contributed by atoms with Crippen molar-refractivity contribution < 1.29 is 23.7 Å². The van der Waals surface area contributed by atoms with Gasteiger partial charge in [-0.25, -0.2) is 0 Å². The summed E-state index contributed by atoms with van der Waals surface area (Å²) >= 11 is 0. The van der Waals surface area contributed by atoms with E-state index in [0.29, 0.717) is 23.7 Å². The summed E-state index contributed by atoms with van der Waals surface area (Å²) in [5.74, 6) is 1.34. The standard InChI is InChI=1S/C22H24N2O5/c1-26-17-10-9-13(20(27-2)21(17)28-3)18-19-14(11-16(24-18)22(25)29-4)12-7-5-6-8-15(12)23-19/h5-10,16,18,23-24H,11H2,1-4H3/t16-,18-/m0/s1. The van der Waals surface area contributed by atoms with Crippen molar-refractivity contribution in [3.8, 4) is 17.2 Å². The average molecular weight is 396 g/mol. The first-order valence-corrected chi connectivity index (χ1v) is 9.35. The Morgan fingerprint density at radius 3 is 2.41 bits per heavy atom. The summed E-state index contributed by atoms with van der Waals surface area (Å²) in [4.78, 5) is 15.9. The molecule has 0 aliphatic carbocycles. The quantitative estimate of drug-likeness (QED) is 0.646. The Labute approximate surface area is 168 Å². The van der Waals surface area contributed by atoms with Crippen LogP contribution < -0.4 is 19.5 Å². The molecule has 2 N–H and O–H groups in total. The van der Waals surface area contributed by atoms with Crippen molar-refractivity contribution >= 4 is 16.9 Å². The van der Waals surface area contributed by atoms with E-state index in [1.807, 2.05) is 30.3 Å². The second kappa shape index (κ2) is 7.67. The van der Waals surface area contributed by atoms with Crippen LogP contribution in [0.3, 0.4) is 0 Å². The highest BCUT2D eigenvalue weighted by atomic mass is 16.5. The molecule has 0 saturated carbocycles. The fourth-order valence-electron chi connectivity index (χ4n) is 4.13. The molecular formula is C22H24N2O5. The molecule has 0 bridgehead atoms. The lowest BCUT2D eigenvalue weighted by atomic mass is 9.89. The van der Waals surface area contributed by atoms with Crippen LogP contribution >= 0.6 is 0 Å². The summed E-state index contributed by atoms with van der Waals surface area (Å²) in [6.07, 6.45) is 0.540. The Bertz CT molecular complexity index is 1060. The SMILES string of the molecule is COC(=O)[C@@H]1Cc2c([nH]c3ccccc23)[C@H](c2ccc(OC)c(OC)c2OC)N1. The zero-order chi connectivity index (χ0) is 20.5. The molecule has 0 spiro atoms. The molecule has 7 heteroatoms. The van der Waals surface area contributed by atoms with Crippen LogP contribution in [-0.2, 0) is 16.0 Å². The van der Waals surface area contributed by atoms with Crippen LogP contribution in [0.25, 0.3) is 10.9 Å². The number of nitrogens with one attached hydrogen (secondary N) is 2. The van der Waals surface area contributed by atoms with Crippen LogP contribution in [0.15, 0.2) is 36.4 Å². The number of methoxy groups -OCH3 is 4. The molecule has 2 heterocycles. The maximum Gasteiger partial charge on any atom is 0.323 e. The van der Waals surface area contributed by atoms with Crippen molar-refractivity contribution in [2.24, 2.45) is 0 Å². The predicted molar refractivity (Wildman–Crippen MR) is 109 cm³/mol. The Hall–Kier alpha value is -3.19. The molecule has 2 aromatic carbocycles. The predicted octanol–water partition coefficient (Wildman–Crippen LogP) is 2.97. The van der Waals surface area contributed by atoms with Crippen molar-refractivity contribution in [2.75, 3.05) is 28.4 Å². The van der Waals surface area contributed by atoms with Crippen LogP contribution in [0, 0.1) is 0 Å². The van der Waals surface area contributed by atoms with Gasteiger partial charge in [0.1, 0.15) is 6.04 Å². The summed E-state index contributed by atoms with van der Waals surface area (Å²) in [5, 5.41) is 4.52. The summed E-state index contributed by atoms with van der Waals surface area (Å²) < 4.78 is 21.7. The van der Waals surface area contributed by atoms with Crippen molar-refractivity contribution in [3.63, 3.8) is 0 Å². The molecule has 0 saturated heterocycles. The van der Waals surface area contributed by atoms with Gasteiger partial charge in [-0.15, -0.1) is 0 Å². The smallest absolute Gasteiger partial charge is 0.323 e. The molecule has 1 aliphatic rings. The van der Waals surface area contributed by atoms with Gasteiger partial charge in [0.15, 0.2) is 11.5 Å². The summed E-state index contributed by atoms with van der Waals surface area (Å²) in [6, 6.07) is 11.0. The average Bonchev–Trinajstić information content (AvgIpc) is 3.15. The molecule has 0 radical (unpaired) electrons. The lowest BCUT2D eigenvalue weighted by Crippen LogP contribution is -2.45. The van der Waals surface area contributed by atoms with E-state index in [0.717, 1.165) is 27.7 Å². The minimum absolute atomic E-state index is 0.301. The number of esters is 1. The van der Waals surface area contributed by atoms with Crippen molar-refractivity contribution in [1.82, 2.24) is 10.3 Å². The van der Waals surface area contributed by atoms with Gasteiger partial charge in [-0.3, -0.25) is 10.1 Å². The van der Waals surface area contributed by atoms with E-state index in [2.05, 4.69) is 16.4 Å². The summed E-state index contributed by atoms with van der Waals surface area (Å²) in [5.41, 5.74) is 3.95. The molecule has 1 aliphatic heterocycles. The van der Waals surface area contributed by atoms with Gasteiger partial charge in [0.05, 0.1) is 34.5 Å². The van der Waals surface area contributed by atoms with Crippen molar-refractivity contribution in [1.29, 1.82) is 0 Å². The maximum absolute atomic E-state index is 12.4. The molecule has 0 amide bonds. The number of para-hydroxylation sites is 1. The Morgan fingerprint density at radius 1 is 0.966 bits per heavy atom. The first-order chi connectivity index (χ1) is 14.1. The highest BCUT2D eigenvalue weighted by molar-refractivity contribution is 5.87.